The summed E-state index contributed by atoms with van der Waals surface area (Å²) in [5.74, 6) is 0. The first-order valence-electron chi connectivity index (χ1n) is 4.32. The zero-order valence-electron chi connectivity index (χ0n) is 9.77. The van der Waals surface area contributed by atoms with Crippen molar-refractivity contribution in [3.8, 4) is 11.4 Å². The minimum absolute atomic E-state index is 0. The standard InChI is InChI=1S/C12H10N2.2Li/c1-9-3-5-13-11(7-9)12-8-10(2)4-6-14-12;;/h3-8H,1-2H2;;/q-2;2*+1. The van der Waals surface area contributed by atoms with E-state index in [0.717, 1.165) is 22.5 Å². The largest absolute Gasteiger partial charge is 1.00 e. The Morgan fingerprint density at radius 2 is 1.12 bits per heavy atom. The van der Waals surface area contributed by atoms with Gasteiger partial charge in [0.2, 0.25) is 0 Å². The summed E-state index contributed by atoms with van der Waals surface area (Å²) < 4.78 is 0. The van der Waals surface area contributed by atoms with Gasteiger partial charge in [-0.3, -0.25) is 9.97 Å². The number of pyridine rings is 2. The second-order valence-corrected chi connectivity index (χ2v) is 3.10. The molecule has 0 radical (unpaired) electrons. The van der Waals surface area contributed by atoms with E-state index in [1.54, 1.807) is 12.4 Å². The van der Waals surface area contributed by atoms with Crippen LogP contribution < -0.4 is 37.7 Å². The molecule has 0 saturated carbocycles. The SMILES string of the molecule is [CH2-]c1ccnc(-c2cc([CH2-])ccn2)c1.[Li+].[Li+]. The van der Waals surface area contributed by atoms with Crippen molar-refractivity contribution in [2.24, 2.45) is 0 Å². The average Bonchev–Trinajstić information content (AvgIpc) is 2.18. The molecule has 2 rings (SSSR count). The van der Waals surface area contributed by atoms with Gasteiger partial charge in [0.15, 0.2) is 0 Å². The molecule has 70 valence electrons. The number of hydrogen-bond donors (Lipinski definition) is 0. The van der Waals surface area contributed by atoms with E-state index in [1.165, 1.54) is 0 Å². The maximum atomic E-state index is 4.22. The molecule has 0 saturated heterocycles. The van der Waals surface area contributed by atoms with Gasteiger partial charge < -0.3 is 0 Å². The van der Waals surface area contributed by atoms with Crippen molar-refractivity contribution in [1.29, 1.82) is 0 Å². The topological polar surface area (TPSA) is 25.8 Å². The quantitative estimate of drug-likeness (QED) is 0.349. The second-order valence-electron chi connectivity index (χ2n) is 3.10. The molecule has 0 unspecified atom stereocenters. The van der Waals surface area contributed by atoms with Gasteiger partial charge >= 0.3 is 37.7 Å². The predicted molar refractivity (Wildman–Crippen MR) is 56.4 cm³/mol. The molecule has 2 aromatic rings. The molecule has 2 nitrogen and oxygen atoms in total. The van der Waals surface area contributed by atoms with Crippen molar-refractivity contribution in [3.05, 3.63) is 61.6 Å². The smallest absolute Gasteiger partial charge is 0.282 e. The van der Waals surface area contributed by atoms with Crippen LogP contribution in [0.4, 0.5) is 0 Å². The van der Waals surface area contributed by atoms with E-state index in [2.05, 4.69) is 23.8 Å². The van der Waals surface area contributed by atoms with Gasteiger partial charge in [0.05, 0.1) is 0 Å². The van der Waals surface area contributed by atoms with Gasteiger partial charge in [-0.05, 0) is 12.4 Å². The third-order valence-corrected chi connectivity index (χ3v) is 1.91. The van der Waals surface area contributed by atoms with Crippen molar-refractivity contribution in [2.75, 3.05) is 0 Å². The van der Waals surface area contributed by atoms with Crippen LogP contribution in [0.3, 0.4) is 0 Å². The van der Waals surface area contributed by atoms with Crippen LogP contribution in [0.2, 0.25) is 0 Å². The van der Waals surface area contributed by atoms with E-state index in [4.69, 9.17) is 0 Å². The van der Waals surface area contributed by atoms with Crippen LogP contribution in [-0.4, -0.2) is 9.97 Å². The van der Waals surface area contributed by atoms with Crippen LogP contribution >= 0.6 is 0 Å². The number of rotatable bonds is 1. The van der Waals surface area contributed by atoms with E-state index in [1.807, 2.05) is 24.3 Å². The first kappa shape index (κ1) is 15.2. The maximum Gasteiger partial charge on any atom is 1.00 e. The summed E-state index contributed by atoms with van der Waals surface area (Å²) in [5, 5.41) is 0. The molecular formula is C12H10Li2N2. The molecule has 2 aromatic heterocycles. The maximum absolute atomic E-state index is 4.22. The van der Waals surface area contributed by atoms with Gasteiger partial charge in [-0.25, -0.2) is 0 Å². The first-order chi connectivity index (χ1) is 6.75. The van der Waals surface area contributed by atoms with Crippen LogP contribution in [0.25, 0.3) is 11.4 Å². The third-order valence-electron chi connectivity index (χ3n) is 1.91. The van der Waals surface area contributed by atoms with Crippen molar-refractivity contribution in [1.82, 2.24) is 9.97 Å². The fourth-order valence-electron chi connectivity index (χ4n) is 1.23. The molecule has 0 bridgehead atoms. The minimum Gasteiger partial charge on any atom is -0.282 e. The molecule has 16 heavy (non-hydrogen) atoms. The van der Waals surface area contributed by atoms with Crippen LogP contribution in [0.5, 0.6) is 0 Å². The average molecular weight is 196 g/mol. The molecule has 0 aliphatic carbocycles. The predicted octanol–water partition coefficient (Wildman–Crippen LogP) is -3.48. The molecule has 0 aliphatic heterocycles. The zero-order valence-corrected chi connectivity index (χ0v) is 9.77. The monoisotopic (exact) mass is 196 g/mol. The first-order valence-corrected chi connectivity index (χ1v) is 4.32. The van der Waals surface area contributed by atoms with Crippen LogP contribution in [-0.2, 0) is 0 Å². The van der Waals surface area contributed by atoms with E-state index >= 15 is 0 Å². The fraction of sp³-hybridized carbons (Fsp3) is 0. The number of hydrogen-bond acceptors (Lipinski definition) is 2. The van der Waals surface area contributed by atoms with Crippen LogP contribution in [0.15, 0.2) is 36.7 Å². The van der Waals surface area contributed by atoms with Crippen LogP contribution in [0, 0.1) is 13.8 Å². The molecule has 0 fully saturated rings. The Balaban J connectivity index is 0.00000112. The summed E-state index contributed by atoms with van der Waals surface area (Å²) in [7, 11) is 0. The molecule has 0 atom stereocenters. The number of nitrogens with zero attached hydrogens (tertiary/aromatic N) is 2. The van der Waals surface area contributed by atoms with Gasteiger partial charge in [-0.2, -0.15) is 25.0 Å². The molecule has 4 heteroatoms. The normalized spacial score (nSPS) is 8.75. The van der Waals surface area contributed by atoms with Gasteiger partial charge in [0.25, 0.3) is 0 Å². The summed E-state index contributed by atoms with van der Waals surface area (Å²) in [6.45, 7) is 7.69. The van der Waals surface area contributed by atoms with Gasteiger partial charge in [0, 0.05) is 11.4 Å². The molecule has 0 amide bonds. The molecular weight excluding hydrogens is 186 g/mol. The Bertz CT molecular complexity index is 415. The number of aromatic nitrogens is 2. The van der Waals surface area contributed by atoms with Crippen molar-refractivity contribution >= 4 is 0 Å². The van der Waals surface area contributed by atoms with E-state index in [-0.39, 0.29) is 37.7 Å². The Morgan fingerprint density at radius 1 is 0.750 bits per heavy atom. The van der Waals surface area contributed by atoms with Crippen molar-refractivity contribution in [3.63, 3.8) is 0 Å². The molecule has 2 heterocycles. The summed E-state index contributed by atoms with van der Waals surface area (Å²) in [4.78, 5) is 8.44. The Morgan fingerprint density at radius 3 is 1.44 bits per heavy atom. The molecule has 0 aliphatic rings. The Kier molecular flexibility index (Phi) is 6.42. The zero-order chi connectivity index (χ0) is 9.97. The van der Waals surface area contributed by atoms with Crippen molar-refractivity contribution < 1.29 is 37.7 Å². The van der Waals surface area contributed by atoms with Crippen molar-refractivity contribution in [2.45, 2.75) is 0 Å². The third kappa shape index (κ3) is 3.67. The van der Waals surface area contributed by atoms with E-state index < -0.39 is 0 Å². The summed E-state index contributed by atoms with van der Waals surface area (Å²) >= 11 is 0. The Labute approximate surface area is 120 Å². The van der Waals surface area contributed by atoms with Gasteiger partial charge in [-0.15, -0.1) is 24.3 Å². The van der Waals surface area contributed by atoms with Gasteiger partial charge in [0.1, 0.15) is 0 Å². The minimum atomic E-state index is 0. The molecule has 0 N–H and O–H groups in total. The second kappa shape index (κ2) is 6.74. The summed E-state index contributed by atoms with van der Waals surface area (Å²) in [6.07, 6.45) is 3.46. The van der Waals surface area contributed by atoms with E-state index in [0.29, 0.717) is 0 Å². The summed E-state index contributed by atoms with van der Waals surface area (Å²) in [5.41, 5.74) is 3.54. The van der Waals surface area contributed by atoms with Crippen LogP contribution in [0.1, 0.15) is 11.1 Å². The Hall–Kier alpha value is -0.765. The molecule has 0 spiro atoms. The van der Waals surface area contributed by atoms with E-state index in [9.17, 15) is 0 Å². The fourth-order valence-corrected chi connectivity index (χ4v) is 1.23. The molecule has 0 aromatic carbocycles. The van der Waals surface area contributed by atoms with Gasteiger partial charge in [-0.1, -0.05) is 0 Å². The summed E-state index contributed by atoms with van der Waals surface area (Å²) in [6, 6.07) is 7.53.